The minimum absolute atomic E-state index is 0.357. The quantitative estimate of drug-likeness (QED) is 0.905. The first-order valence-corrected chi connectivity index (χ1v) is 5.91. The zero-order valence-corrected chi connectivity index (χ0v) is 10.4. The summed E-state index contributed by atoms with van der Waals surface area (Å²) in [6, 6.07) is 9.23. The van der Waals surface area contributed by atoms with Crippen molar-refractivity contribution in [3.8, 4) is 16.2 Å². The summed E-state index contributed by atoms with van der Waals surface area (Å²) in [4.78, 5) is 12.1. The monoisotopic (exact) mass is 248 g/mol. The fourth-order valence-corrected chi connectivity index (χ4v) is 2.57. The van der Waals surface area contributed by atoms with Crippen LogP contribution >= 0.6 is 11.3 Å². The smallest absolute Gasteiger partial charge is 0.345 e. The van der Waals surface area contributed by atoms with Gasteiger partial charge in [-0.2, -0.15) is 0 Å². The number of methoxy groups -OCH3 is 1. The normalized spacial score (nSPS) is 10.2. The number of aryl methyl sites for hydroxylation is 1. The lowest BCUT2D eigenvalue weighted by Gasteiger charge is -2.05. The maximum absolute atomic E-state index is 10.8. The predicted octanol–water partition coefficient (Wildman–Crippen LogP) is 3.43. The van der Waals surface area contributed by atoms with Crippen LogP contribution in [-0.2, 0) is 0 Å². The summed E-state index contributed by atoms with van der Waals surface area (Å²) in [7, 11) is 1.63. The summed E-state index contributed by atoms with van der Waals surface area (Å²) in [5.74, 6) is -0.0753. The van der Waals surface area contributed by atoms with Crippen LogP contribution in [0.4, 0.5) is 0 Å². The lowest BCUT2D eigenvalue weighted by molar-refractivity contribution is 0.0702. The van der Waals surface area contributed by atoms with Gasteiger partial charge in [-0.05, 0) is 48.4 Å². The molecule has 0 amide bonds. The number of aromatic carboxylic acids is 1. The second-order valence-electron chi connectivity index (χ2n) is 3.65. The van der Waals surface area contributed by atoms with Crippen LogP contribution in [0.3, 0.4) is 0 Å². The number of carbonyl (C=O) groups is 1. The highest BCUT2D eigenvalue weighted by molar-refractivity contribution is 7.17. The standard InChI is InChI=1S/C13H12O3S/c1-8-7-9(16-2)3-4-10(8)11-5-6-12(17-11)13(14)15/h3-7H,1-2H3,(H,14,15). The van der Waals surface area contributed by atoms with Crippen molar-refractivity contribution >= 4 is 17.3 Å². The fourth-order valence-electron chi connectivity index (χ4n) is 1.64. The van der Waals surface area contributed by atoms with E-state index in [4.69, 9.17) is 9.84 Å². The van der Waals surface area contributed by atoms with E-state index in [0.717, 1.165) is 21.8 Å². The van der Waals surface area contributed by atoms with E-state index < -0.39 is 5.97 Å². The predicted molar refractivity (Wildman–Crippen MR) is 68.0 cm³/mol. The summed E-state index contributed by atoms with van der Waals surface area (Å²) < 4.78 is 5.14. The van der Waals surface area contributed by atoms with Gasteiger partial charge >= 0.3 is 5.97 Å². The molecular formula is C13H12O3S. The summed E-state index contributed by atoms with van der Waals surface area (Å²) in [6.45, 7) is 1.98. The molecule has 0 bridgehead atoms. The summed E-state index contributed by atoms with van der Waals surface area (Å²) >= 11 is 1.28. The SMILES string of the molecule is COc1ccc(-c2ccc(C(=O)O)s2)c(C)c1. The Kier molecular flexibility index (Phi) is 3.15. The Labute approximate surface area is 103 Å². The van der Waals surface area contributed by atoms with Gasteiger partial charge in [-0.1, -0.05) is 0 Å². The van der Waals surface area contributed by atoms with E-state index in [1.807, 2.05) is 31.2 Å². The van der Waals surface area contributed by atoms with Crippen LogP contribution in [0.25, 0.3) is 10.4 Å². The Hall–Kier alpha value is -1.81. The molecule has 0 saturated heterocycles. The number of hydrogen-bond acceptors (Lipinski definition) is 3. The van der Waals surface area contributed by atoms with Gasteiger partial charge in [0.1, 0.15) is 10.6 Å². The van der Waals surface area contributed by atoms with Gasteiger partial charge in [0, 0.05) is 4.88 Å². The molecule has 17 heavy (non-hydrogen) atoms. The number of carboxylic acids is 1. The molecule has 88 valence electrons. The van der Waals surface area contributed by atoms with Gasteiger partial charge in [-0.15, -0.1) is 11.3 Å². The molecule has 3 nitrogen and oxygen atoms in total. The van der Waals surface area contributed by atoms with Crippen LogP contribution in [0.5, 0.6) is 5.75 Å². The first-order chi connectivity index (χ1) is 8.11. The lowest BCUT2D eigenvalue weighted by atomic mass is 10.1. The average molecular weight is 248 g/mol. The van der Waals surface area contributed by atoms with E-state index in [-0.39, 0.29) is 0 Å². The van der Waals surface area contributed by atoms with Crippen molar-refractivity contribution in [1.82, 2.24) is 0 Å². The van der Waals surface area contributed by atoms with Crippen LogP contribution in [0.15, 0.2) is 30.3 Å². The molecule has 0 saturated carbocycles. The van der Waals surface area contributed by atoms with Gasteiger partial charge < -0.3 is 9.84 Å². The van der Waals surface area contributed by atoms with Gasteiger partial charge in [-0.25, -0.2) is 4.79 Å². The van der Waals surface area contributed by atoms with E-state index in [1.54, 1.807) is 13.2 Å². The largest absolute Gasteiger partial charge is 0.497 e. The molecule has 0 spiro atoms. The molecule has 0 atom stereocenters. The van der Waals surface area contributed by atoms with Crippen LogP contribution < -0.4 is 4.74 Å². The summed E-state index contributed by atoms with van der Waals surface area (Å²) in [5, 5.41) is 8.89. The van der Waals surface area contributed by atoms with Gasteiger partial charge in [-0.3, -0.25) is 0 Å². The molecule has 1 heterocycles. The van der Waals surface area contributed by atoms with Crippen molar-refractivity contribution in [2.75, 3.05) is 7.11 Å². The Morgan fingerprint density at radius 3 is 2.59 bits per heavy atom. The first kappa shape index (κ1) is 11.7. The van der Waals surface area contributed by atoms with Crippen molar-refractivity contribution in [3.63, 3.8) is 0 Å². The summed E-state index contributed by atoms with van der Waals surface area (Å²) in [5.41, 5.74) is 2.12. The molecular weight excluding hydrogens is 236 g/mol. The second-order valence-corrected chi connectivity index (χ2v) is 4.73. The van der Waals surface area contributed by atoms with Gasteiger partial charge in [0.15, 0.2) is 0 Å². The zero-order valence-electron chi connectivity index (χ0n) is 9.56. The Morgan fingerprint density at radius 1 is 1.29 bits per heavy atom. The second kappa shape index (κ2) is 4.59. The Balaban J connectivity index is 2.42. The molecule has 4 heteroatoms. The number of rotatable bonds is 3. The number of carboxylic acid groups (broad SMARTS) is 1. The minimum atomic E-state index is -0.882. The van der Waals surface area contributed by atoms with E-state index in [2.05, 4.69) is 0 Å². The van der Waals surface area contributed by atoms with Crippen molar-refractivity contribution in [3.05, 3.63) is 40.8 Å². The molecule has 2 aromatic rings. The van der Waals surface area contributed by atoms with E-state index in [0.29, 0.717) is 4.88 Å². The summed E-state index contributed by atoms with van der Waals surface area (Å²) in [6.07, 6.45) is 0. The Bertz CT molecular complexity index is 558. The highest BCUT2D eigenvalue weighted by Crippen LogP contribution is 2.32. The third kappa shape index (κ3) is 2.31. The van der Waals surface area contributed by atoms with Crippen LogP contribution in [0, 0.1) is 6.92 Å². The highest BCUT2D eigenvalue weighted by atomic mass is 32.1. The molecule has 1 aromatic heterocycles. The molecule has 0 aliphatic heterocycles. The minimum Gasteiger partial charge on any atom is -0.497 e. The van der Waals surface area contributed by atoms with Crippen molar-refractivity contribution in [2.45, 2.75) is 6.92 Å². The number of thiophene rings is 1. The van der Waals surface area contributed by atoms with Gasteiger partial charge in [0.05, 0.1) is 7.11 Å². The van der Waals surface area contributed by atoms with E-state index in [9.17, 15) is 4.79 Å². The third-order valence-corrected chi connectivity index (χ3v) is 3.62. The third-order valence-electron chi connectivity index (χ3n) is 2.52. The zero-order chi connectivity index (χ0) is 12.4. The lowest BCUT2D eigenvalue weighted by Crippen LogP contribution is -1.89. The molecule has 0 radical (unpaired) electrons. The van der Waals surface area contributed by atoms with Crippen LogP contribution in [0.1, 0.15) is 15.2 Å². The van der Waals surface area contributed by atoms with Gasteiger partial charge in [0.25, 0.3) is 0 Å². The number of hydrogen-bond donors (Lipinski definition) is 1. The maximum atomic E-state index is 10.8. The first-order valence-electron chi connectivity index (χ1n) is 5.10. The van der Waals surface area contributed by atoms with Crippen molar-refractivity contribution in [1.29, 1.82) is 0 Å². The van der Waals surface area contributed by atoms with Crippen molar-refractivity contribution < 1.29 is 14.6 Å². The number of benzene rings is 1. The van der Waals surface area contributed by atoms with Crippen molar-refractivity contribution in [2.24, 2.45) is 0 Å². The van der Waals surface area contributed by atoms with E-state index in [1.165, 1.54) is 11.3 Å². The molecule has 1 N–H and O–H groups in total. The molecule has 1 aromatic carbocycles. The van der Waals surface area contributed by atoms with Crippen LogP contribution in [0.2, 0.25) is 0 Å². The molecule has 0 fully saturated rings. The molecule has 0 aliphatic rings. The number of ether oxygens (including phenoxy) is 1. The van der Waals surface area contributed by atoms with Crippen LogP contribution in [-0.4, -0.2) is 18.2 Å². The average Bonchev–Trinajstić information content (AvgIpc) is 2.78. The molecule has 2 rings (SSSR count). The van der Waals surface area contributed by atoms with Gasteiger partial charge in [0.2, 0.25) is 0 Å². The molecule has 0 aliphatic carbocycles. The van der Waals surface area contributed by atoms with E-state index >= 15 is 0 Å². The highest BCUT2D eigenvalue weighted by Gasteiger charge is 2.10. The molecule has 0 unspecified atom stereocenters. The maximum Gasteiger partial charge on any atom is 0.345 e. The Morgan fingerprint density at radius 2 is 2.06 bits per heavy atom. The topological polar surface area (TPSA) is 46.5 Å². The fraction of sp³-hybridized carbons (Fsp3) is 0.154.